The molecule has 1 fully saturated rings. The second-order valence-electron chi connectivity index (χ2n) is 6.26. The number of hydrogen-bond acceptors (Lipinski definition) is 4. The molecule has 0 radical (unpaired) electrons. The zero-order valence-corrected chi connectivity index (χ0v) is 12.8. The van der Waals surface area contributed by atoms with Crippen LogP contribution in [0.3, 0.4) is 0 Å². The average Bonchev–Trinajstić information content (AvgIpc) is 2.41. The highest BCUT2D eigenvalue weighted by Gasteiger charge is 2.24. The summed E-state index contributed by atoms with van der Waals surface area (Å²) < 4.78 is 11.1. The molecule has 1 aromatic rings. The van der Waals surface area contributed by atoms with Crippen LogP contribution in [0.2, 0.25) is 0 Å². The number of rotatable bonds is 5. The summed E-state index contributed by atoms with van der Waals surface area (Å²) in [6, 6.07) is 5.48. The van der Waals surface area contributed by atoms with Crippen LogP contribution >= 0.6 is 0 Å². The van der Waals surface area contributed by atoms with Crippen molar-refractivity contribution >= 4 is 5.69 Å². The molecule has 2 N–H and O–H groups in total. The van der Waals surface area contributed by atoms with Crippen molar-refractivity contribution in [3.63, 3.8) is 0 Å². The van der Waals surface area contributed by atoms with Gasteiger partial charge in [-0.15, -0.1) is 0 Å². The molecule has 0 amide bonds. The summed E-state index contributed by atoms with van der Waals surface area (Å²) in [5.74, 6) is 1.46. The van der Waals surface area contributed by atoms with Gasteiger partial charge in [0.2, 0.25) is 0 Å². The molecule has 0 unspecified atom stereocenters. The lowest BCUT2D eigenvalue weighted by Crippen LogP contribution is -2.39. The van der Waals surface area contributed by atoms with E-state index in [1.165, 1.54) is 12.8 Å². The molecule has 0 saturated carbocycles. The van der Waals surface area contributed by atoms with E-state index in [0.717, 1.165) is 31.1 Å². The number of anilines is 1. The number of benzene rings is 1. The summed E-state index contributed by atoms with van der Waals surface area (Å²) >= 11 is 0. The van der Waals surface area contributed by atoms with Crippen LogP contribution in [0, 0.1) is 5.41 Å². The zero-order chi connectivity index (χ0) is 14.6. The van der Waals surface area contributed by atoms with Crippen LogP contribution in [0.15, 0.2) is 18.2 Å². The lowest BCUT2D eigenvalue weighted by molar-refractivity contribution is 0.115. The summed E-state index contributed by atoms with van der Waals surface area (Å²) in [4.78, 5) is 2.46. The van der Waals surface area contributed by atoms with E-state index in [0.29, 0.717) is 17.7 Å². The lowest BCUT2D eigenvalue weighted by Gasteiger charge is -2.36. The Morgan fingerprint density at radius 3 is 2.55 bits per heavy atom. The Labute approximate surface area is 121 Å². The maximum absolute atomic E-state index is 5.82. The van der Waals surface area contributed by atoms with Crippen molar-refractivity contribution in [1.82, 2.24) is 4.90 Å². The minimum absolute atomic E-state index is 0.495. The molecule has 0 bridgehead atoms. The summed E-state index contributed by atoms with van der Waals surface area (Å²) in [5, 5.41) is 0. The number of ether oxygens (including phenoxy) is 2. The first-order valence-corrected chi connectivity index (χ1v) is 7.29. The van der Waals surface area contributed by atoms with Crippen molar-refractivity contribution in [3.8, 4) is 11.5 Å². The van der Waals surface area contributed by atoms with Crippen molar-refractivity contribution in [2.24, 2.45) is 5.41 Å². The predicted molar refractivity (Wildman–Crippen MR) is 82.4 cm³/mol. The number of likely N-dealkylation sites (tertiary alicyclic amines) is 1. The van der Waals surface area contributed by atoms with Gasteiger partial charge in [0.25, 0.3) is 0 Å². The Bertz CT molecular complexity index is 436. The fourth-order valence-corrected chi connectivity index (χ4v) is 2.47. The van der Waals surface area contributed by atoms with Gasteiger partial charge in [0.15, 0.2) is 11.5 Å². The molecule has 0 atom stereocenters. The number of hydrogen-bond donors (Lipinski definition) is 1. The molecular formula is C16H26N2O2. The molecule has 0 aromatic heterocycles. The number of nitrogens with two attached hydrogens (primary N) is 1. The van der Waals surface area contributed by atoms with E-state index in [1.54, 1.807) is 7.11 Å². The fourth-order valence-electron chi connectivity index (χ4n) is 2.47. The average molecular weight is 278 g/mol. The van der Waals surface area contributed by atoms with Crippen LogP contribution in [-0.2, 0) is 0 Å². The van der Waals surface area contributed by atoms with Crippen LogP contribution in [0.4, 0.5) is 5.69 Å². The van der Waals surface area contributed by atoms with E-state index in [4.69, 9.17) is 15.2 Å². The standard InChI is InChI=1S/C16H26N2O2/c1-16(2)6-8-18(9-7-16)10-11-20-15-12-13(17)4-5-14(15)19-3/h4-5,12H,6-11,17H2,1-3H3. The molecule has 0 spiro atoms. The third-order valence-corrected chi connectivity index (χ3v) is 4.06. The summed E-state index contributed by atoms with van der Waals surface area (Å²) in [6.07, 6.45) is 2.52. The van der Waals surface area contributed by atoms with Crippen LogP contribution in [0.5, 0.6) is 11.5 Å². The number of nitrogens with zero attached hydrogens (tertiary/aromatic N) is 1. The first-order chi connectivity index (χ1) is 9.50. The van der Waals surface area contributed by atoms with Crippen molar-refractivity contribution in [2.45, 2.75) is 26.7 Å². The van der Waals surface area contributed by atoms with Crippen molar-refractivity contribution in [2.75, 3.05) is 39.1 Å². The maximum atomic E-state index is 5.82. The Kier molecular flexibility index (Phi) is 4.76. The normalized spacial score (nSPS) is 18.8. The monoisotopic (exact) mass is 278 g/mol. The highest BCUT2D eigenvalue weighted by atomic mass is 16.5. The van der Waals surface area contributed by atoms with Gasteiger partial charge in [0.1, 0.15) is 6.61 Å². The van der Waals surface area contributed by atoms with Crippen molar-refractivity contribution in [3.05, 3.63) is 18.2 Å². The Hall–Kier alpha value is -1.42. The van der Waals surface area contributed by atoms with Gasteiger partial charge in [-0.25, -0.2) is 0 Å². The summed E-state index contributed by atoms with van der Waals surface area (Å²) in [6.45, 7) is 8.63. The Balaban J connectivity index is 1.80. The highest BCUT2D eigenvalue weighted by molar-refractivity contribution is 5.51. The van der Waals surface area contributed by atoms with Crippen LogP contribution in [0.1, 0.15) is 26.7 Å². The van der Waals surface area contributed by atoms with E-state index < -0.39 is 0 Å². The summed E-state index contributed by atoms with van der Waals surface area (Å²) in [7, 11) is 1.64. The number of nitrogen functional groups attached to an aromatic ring is 1. The van der Waals surface area contributed by atoms with E-state index in [2.05, 4.69) is 18.7 Å². The molecule has 1 aromatic carbocycles. The number of methoxy groups -OCH3 is 1. The molecule has 1 heterocycles. The Morgan fingerprint density at radius 2 is 1.90 bits per heavy atom. The third kappa shape index (κ3) is 4.04. The first kappa shape index (κ1) is 15.0. The Morgan fingerprint density at radius 1 is 1.20 bits per heavy atom. The molecule has 112 valence electrons. The van der Waals surface area contributed by atoms with Gasteiger partial charge in [-0.2, -0.15) is 0 Å². The van der Waals surface area contributed by atoms with Gasteiger partial charge in [0, 0.05) is 18.3 Å². The number of piperidine rings is 1. The van der Waals surface area contributed by atoms with Gasteiger partial charge in [-0.1, -0.05) is 13.8 Å². The molecular weight excluding hydrogens is 252 g/mol. The van der Waals surface area contributed by atoms with E-state index >= 15 is 0 Å². The smallest absolute Gasteiger partial charge is 0.163 e. The molecule has 4 nitrogen and oxygen atoms in total. The van der Waals surface area contributed by atoms with Crippen molar-refractivity contribution < 1.29 is 9.47 Å². The van der Waals surface area contributed by atoms with Crippen LogP contribution in [0.25, 0.3) is 0 Å². The molecule has 20 heavy (non-hydrogen) atoms. The lowest BCUT2D eigenvalue weighted by atomic mass is 9.83. The van der Waals surface area contributed by atoms with Crippen molar-refractivity contribution in [1.29, 1.82) is 0 Å². The van der Waals surface area contributed by atoms with Gasteiger partial charge in [0.05, 0.1) is 7.11 Å². The molecule has 1 saturated heterocycles. The topological polar surface area (TPSA) is 47.7 Å². The van der Waals surface area contributed by atoms with Gasteiger partial charge in [-0.3, -0.25) is 4.90 Å². The quantitative estimate of drug-likeness (QED) is 0.841. The molecule has 0 aliphatic carbocycles. The van der Waals surface area contributed by atoms with E-state index in [-0.39, 0.29) is 0 Å². The second-order valence-corrected chi connectivity index (χ2v) is 6.26. The minimum atomic E-state index is 0.495. The first-order valence-electron chi connectivity index (χ1n) is 7.29. The largest absolute Gasteiger partial charge is 0.493 e. The van der Waals surface area contributed by atoms with Gasteiger partial charge in [-0.05, 0) is 43.5 Å². The highest BCUT2D eigenvalue weighted by Crippen LogP contribution is 2.30. The molecule has 1 aliphatic rings. The maximum Gasteiger partial charge on any atom is 0.163 e. The molecule has 2 rings (SSSR count). The predicted octanol–water partition coefficient (Wildman–Crippen LogP) is 2.78. The fraction of sp³-hybridized carbons (Fsp3) is 0.625. The van der Waals surface area contributed by atoms with Gasteiger partial charge < -0.3 is 15.2 Å². The third-order valence-electron chi connectivity index (χ3n) is 4.06. The second kappa shape index (κ2) is 6.35. The molecule has 1 aliphatic heterocycles. The zero-order valence-electron chi connectivity index (χ0n) is 12.8. The minimum Gasteiger partial charge on any atom is -0.493 e. The summed E-state index contributed by atoms with van der Waals surface area (Å²) in [5.41, 5.74) is 6.97. The SMILES string of the molecule is COc1ccc(N)cc1OCCN1CCC(C)(C)CC1. The van der Waals surface area contributed by atoms with E-state index in [9.17, 15) is 0 Å². The van der Waals surface area contributed by atoms with Crippen LogP contribution in [-0.4, -0.2) is 38.3 Å². The van der Waals surface area contributed by atoms with E-state index in [1.807, 2.05) is 18.2 Å². The molecule has 4 heteroatoms. The van der Waals surface area contributed by atoms with Crippen LogP contribution < -0.4 is 15.2 Å². The van der Waals surface area contributed by atoms with Gasteiger partial charge >= 0.3 is 0 Å².